The van der Waals surface area contributed by atoms with Crippen LogP contribution in [0.25, 0.3) is 5.69 Å². The van der Waals surface area contributed by atoms with E-state index >= 15 is 0 Å². The van der Waals surface area contributed by atoms with Crippen molar-refractivity contribution in [3.8, 4) is 5.69 Å². The molecule has 0 unspecified atom stereocenters. The van der Waals surface area contributed by atoms with Crippen LogP contribution in [0.15, 0.2) is 52.4 Å². The monoisotopic (exact) mass is 427 g/mol. The number of carbonyl (C=O) groups is 1. The molecule has 0 spiro atoms. The van der Waals surface area contributed by atoms with E-state index in [-0.39, 0.29) is 17.5 Å². The van der Waals surface area contributed by atoms with E-state index in [9.17, 15) is 14.0 Å². The molecule has 156 valence electrons. The van der Waals surface area contributed by atoms with E-state index in [0.29, 0.717) is 30.9 Å². The summed E-state index contributed by atoms with van der Waals surface area (Å²) in [4.78, 5) is 31.2. The second kappa shape index (κ2) is 8.83. The molecule has 0 radical (unpaired) electrons. The number of hydrogen-bond acceptors (Lipinski definition) is 5. The number of likely N-dealkylation sites (tertiary alicyclic amines) is 1. The number of nitrogens with zero attached hydrogens (tertiary/aromatic N) is 4. The van der Waals surface area contributed by atoms with Crippen molar-refractivity contribution in [3.63, 3.8) is 0 Å². The van der Waals surface area contributed by atoms with Gasteiger partial charge in [-0.2, -0.15) is 5.10 Å². The average molecular weight is 428 g/mol. The molecule has 3 heterocycles. The highest BCUT2D eigenvalue weighted by Gasteiger charge is 2.27. The average Bonchev–Trinajstić information content (AvgIpc) is 3.14. The van der Waals surface area contributed by atoms with Gasteiger partial charge in [0.15, 0.2) is 0 Å². The summed E-state index contributed by atoms with van der Waals surface area (Å²) in [6.07, 6.45) is 5.72. The Labute approximate surface area is 177 Å². The Morgan fingerprint density at radius 3 is 2.73 bits per heavy atom. The van der Waals surface area contributed by atoms with Crippen molar-refractivity contribution in [2.45, 2.75) is 24.3 Å². The summed E-state index contributed by atoms with van der Waals surface area (Å²) in [5.74, 6) is 0.285. The molecule has 0 atom stereocenters. The minimum absolute atomic E-state index is 0.00562. The molecule has 1 N–H and O–H groups in total. The van der Waals surface area contributed by atoms with Gasteiger partial charge in [0.25, 0.3) is 5.91 Å². The molecule has 2 aromatic heterocycles. The third-order valence-corrected chi connectivity index (χ3v) is 6.12. The number of aromatic amines is 1. The minimum atomic E-state index is -0.469. The maximum atomic E-state index is 14.2. The largest absolute Gasteiger partial charge is 0.348 e. The summed E-state index contributed by atoms with van der Waals surface area (Å²) >= 11 is 1.46. The van der Waals surface area contributed by atoms with Crippen molar-refractivity contribution in [1.29, 1.82) is 0 Å². The standard InChI is InChI=1S/C21H22FN5O2S/c1-30-19-15(5-4-10-23-19)20(28)26-11-8-14(9-12-26)13-18-24-25-21(29)27(18)17-7-3-2-6-16(17)22/h2-7,10,14H,8-9,11-13H2,1H3,(H,25,29). The topological polar surface area (TPSA) is 83.9 Å². The van der Waals surface area contributed by atoms with Crippen LogP contribution in [-0.2, 0) is 6.42 Å². The Morgan fingerprint density at radius 2 is 2.00 bits per heavy atom. The van der Waals surface area contributed by atoms with Crippen LogP contribution in [0.3, 0.4) is 0 Å². The Morgan fingerprint density at radius 1 is 1.23 bits per heavy atom. The Kier molecular flexibility index (Phi) is 5.98. The Hall–Kier alpha value is -2.94. The third kappa shape index (κ3) is 4.02. The van der Waals surface area contributed by atoms with E-state index in [4.69, 9.17) is 0 Å². The zero-order valence-electron chi connectivity index (χ0n) is 16.5. The van der Waals surface area contributed by atoms with E-state index in [1.807, 2.05) is 17.2 Å². The van der Waals surface area contributed by atoms with Crippen LogP contribution in [0.4, 0.5) is 4.39 Å². The fraction of sp³-hybridized carbons (Fsp3) is 0.333. The molecule has 4 rings (SSSR count). The number of hydrogen-bond donors (Lipinski definition) is 1. The van der Waals surface area contributed by atoms with Gasteiger partial charge in [0.1, 0.15) is 16.7 Å². The van der Waals surface area contributed by atoms with Crippen LogP contribution >= 0.6 is 11.8 Å². The van der Waals surface area contributed by atoms with Gasteiger partial charge in [-0.05, 0) is 49.3 Å². The number of pyridine rings is 1. The first-order valence-corrected chi connectivity index (χ1v) is 11.0. The van der Waals surface area contributed by atoms with Gasteiger partial charge in [-0.25, -0.2) is 23.8 Å². The van der Waals surface area contributed by atoms with Gasteiger partial charge in [-0.1, -0.05) is 12.1 Å². The second-order valence-electron chi connectivity index (χ2n) is 7.23. The normalized spacial score (nSPS) is 14.8. The molecule has 0 aliphatic carbocycles. The van der Waals surface area contributed by atoms with Gasteiger partial charge in [0, 0.05) is 25.7 Å². The fourth-order valence-electron chi connectivity index (χ4n) is 3.83. The molecular formula is C21H22FN5O2S. The van der Waals surface area contributed by atoms with Gasteiger partial charge in [0.2, 0.25) is 0 Å². The zero-order valence-corrected chi connectivity index (χ0v) is 17.4. The lowest BCUT2D eigenvalue weighted by Gasteiger charge is -2.32. The lowest BCUT2D eigenvalue weighted by Crippen LogP contribution is -2.39. The summed E-state index contributed by atoms with van der Waals surface area (Å²) in [6.45, 7) is 1.25. The summed E-state index contributed by atoms with van der Waals surface area (Å²) < 4.78 is 15.5. The zero-order chi connectivity index (χ0) is 21.1. The molecule has 3 aromatic rings. The Bertz CT molecular complexity index is 1100. The van der Waals surface area contributed by atoms with Crippen molar-refractivity contribution in [2.75, 3.05) is 19.3 Å². The minimum Gasteiger partial charge on any atom is -0.339 e. The van der Waals surface area contributed by atoms with E-state index in [1.165, 1.54) is 22.4 Å². The van der Waals surface area contributed by atoms with E-state index in [2.05, 4.69) is 15.2 Å². The molecule has 1 aromatic carbocycles. The summed E-state index contributed by atoms with van der Waals surface area (Å²) in [7, 11) is 0. The number of thioether (sulfide) groups is 1. The first-order chi connectivity index (χ1) is 14.6. The van der Waals surface area contributed by atoms with Crippen molar-refractivity contribution in [2.24, 2.45) is 5.92 Å². The number of benzene rings is 1. The maximum Gasteiger partial charge on any atom is 0.348 e. The van der Waals surface area contributed by atoms with Gasteiger partial charge in [0.05, 0.1) is 11.3 Å². The van der Waals surface area contributed by atoms with Crippen LogP contribution in [0.5, 0.6) is 0 Å². The van der Waals surface area contributed by atoms with Gasteiger partial charge in [-0.15, -0.1) is 11.8 Å². The number of halogens is 1. The van der Waals surface area contributed by atoms with Gasteiger partial charge < -0.3 is 4.90 Å². The summed E-state index contributed by atoms with van der Waals surface area (Å²) in [5, 5.41) is 7.28. The first-order valence-electron chi connectivity index (χ1n) is 9.78. The smallest absolute Gasteiger partial charge is 0.339 e. The molecule has 7 nitrogen and oxygen atoms in total. The molecule has 1 aliphatic heterocycles. The molecule has 9 heteroatoms. The lowest BCUT2D eigenvalue weighted by atomic mass is 9.93. The van der Waals surface area contributed by atoms with Crippen molar-refractivity contribution in [1.82, 2.24) is 24.6 Å². The number of carbonyl (C=O) groups excluding carboxylic acids is 1. The number of rotatable bonds is 5. The summed E-state index contributed by atoms with van der Waals surface area (Å²) in [5.41, 5.74) is 0.369. The van der Waals surface area contributed by atoms with Crippen molar-refractivity contribution >= 4 is 17.7 Å². The van der Waals surface area contributed by atoms with Crippen molar-refractivity contribution in [3.05, 3.63) is 70.3 Å². The van der Waals surface area contributed by atoms with Crippen molar-refractivity contribution < 1.29 is 9.18 Å². The molecule has 1 fully saturated rings. The number of aromatic nitrogens is 4. The number of amides is 1. The lowest BCUT2D eigenvalue weighted by molar-refractivity contribution is 0.0685. The third-order valence-electron chi connectivity index (χ3n) is 5.40. The Balaban J connectivity index is 1.45. The SMILES string of the molecule is CSc1ncccc1C(=O)N1CCC(Cc2n[nH]c(=O)n2-c2ccccc2F)CC1. The second-order valence-corrected chi connectivity index (χ2v) is 8.03. The van der Waals surface area contributed by atoms with E-state index < -0.39 is 11.5 Å². The molecule has 1 saturated heterocycles. The maximum absolute atomic E-state index is 14.2. The molecule has 0 bridgehead atoms. The van der Waals surface area contributed by atoms with Gasteiger partial charge in [-0.3, -0.25) is 4.79 Å². The molecule has 0 saturated carbocycles. The number of H-pyrrole nitrogens is 1. The molecular weight excluding hydrogens is 405 g/mol. The van der Waals surface area contributed by atoms with E-state index in [1.54, 1.807) is 30.5 Å². The van der Waals surface area contributed by atoms with Crippen LogP contribution < -0.4 is 5.69 Å². The van der Waals surface area contributed by atoms with Crippen LogP contribution in [-0.4, -0.2) is 49.9 Å². The van der Waals surface area contributed by atoms with Crippen LogP contribution in [0, 0.1) is 11.7 Å². The number of piperidine rings is 1. The molecule has 30 heavy (non-hydrogen) atoms. The fourth-order valence-corrected chi connectivity index (χ4v) is 4.37. The van der Waals surface area contributed by atoms with Crippen LogP contribution in [0.2, 0.25) is 0 Å². The first kappa shape index (κ1) is 20.3. The van der Waals surface area contributed by atoms with Gasteiger partial charge >= 0.3 is 5.69 Å². The highest BCUT2D eigenvalue weighted by molar-refractivity contribution is 7.98. The highest BCUT2D eigenvalue weighted by atomic mass is 32.2. The number of para-hydroxylation sites is 1. The predicted molar refractivity (Wildman–Crippen MR) is 112 cm³/mol. The highest BCUT2D eigenvalue weighted by Crippen LogP contribution is 2.25. The predicted octanol–water partition coefficient (Wildman–Crippen LogP) is 2.91. The summed E-state index contributed by atoms with van der Waals surface area (Å²) in [6, 6.07) is 9.75. The molecule has 1 amide bonds. The van der Waals surface area contributed by atoms with E-state index in [0.717, 1.165) is 17.9 Å². The quantitative estimate of drug-likeness (QED) is 0.633. The number of nitrogens with one attached hydrogen (secondary N) is 1. The molecule has 1 aliphatic rings. The van der Waals surface area contributed by atoms with Crippen LogP contribution in [0.1, 0.15) is 29.0 Å².